The van der Waals surface area contributed by atoms with Gasteiger partial charge in [-0.1, -0.05) is 35.4 Å². The van der Waals surface area contributed by atoms with Crippen molar-refractivity contribution in [3.63, 3.8) is 0 Å². The Morgan fingerprint density at radius 3 is 2.36 bits per heavy atom. The van der Waals surface area contributed by atoms with Crippen molar-refractivity contribution >= 4 is 24.8 Å². The second kappa shape index (κ2) is 6.36. The Labute approximate surface area is 139 Å². The van der Waals surface area contributed by atoms with Gasteiger partial charge in [0.2, 0.25) is 0 Å². The lowest BCUT2D eigenvalue weighted by atomic mass is 9.77. The number of aryl methyl sites for hydroxylation is 1. The minimum Gasteiger partial charge on any atom is -0.400 e. The van der Waals surface area contributed by atoms with E-state index in [-0.39, 0.29) is 18.3 Å². The Morgan fingerprint density at radius 2 is 1.82 bits per heavy atom. The minimum absolute atomic E-state index is 0.346. The number of benzene rings is 1. The van der Waals surface area contributed by atoms with Gasteiger partial charge < -0.3 is 14.6 Å². The number of rotatable bonds is 4. The molecule has 0 bridgehead atoms. The number of hydrogen-bond acceptors (Lipinski definition) is 3. The first-order chi connectivity index (χ1) is 10.2. The molecule has 0 radical (unpaired) electrons. The molecule has 1 N–H and O–H groups in total. The summed E-state index contributed by atoms with van der Waals surface area (Å²) in [6.07, 6.45) is 2.06. The van der Waals surface area contributed by atoms with Crippen LogP contribution < -0.4 is 5.32 Å². The predicted octanol–water partition coefficient (Wildman–Crippen LogP) is 3.88. The first kappa shape index (κ1) is 17.5. The van der Waals surface area contributed by atoms with E-state index >= 15 is 0 Å². The molecule has 0 unspecified atom stereocenters. The van der Waals surface area contributed by atoms with Crippen LogP contribution in [-0.2, 0) is 9.31 Å². The summed E-state index contributed by atoms with van der Waals surface area (Å²) >= 11 is 6.31. The molecule has 120 valence electrons. The maximum Gasteiger partial charge on any atom is 0.491 e. The SMILES string of the molecule is CNCC(=Cc1cc(C)ccc1Cl)B1OC(C)(C)C(C)(C)O1. The molecule has 3 nitrogen and oxygen atoms in total. The van der Waals surface area contributed by atoms with Crippen molar-refractivity contribution < 1.29 is 9.31 Å². The molecule has 2 rings (SSSR count). The van der Waals surface area contributed by atoms with Gasteiger partial charge in [-0.25, -0.2) is 0 Å². The zero-order valence-corrected chi connectivity index (χ0v) is 15.0. The lowest BCUT2D eigenvalue weighted by molar-refractivity contribution is 0.00578. The molecule has 0 amide bonds. The standard InChI is InChI=1S/C17H25BClNO2/c1-12-7-8-15(19)13(9-12)10-14(11-20-6)18-21-16(2,3)17(4,5)22-18/h7-10,20H,11H2,1-6H3. The third kappa shape index (κ3) is 3.57. The topological polar surface area (TPSA) is 30.5 Å². The first-order valence-electron chi connectivity index (χ1n) is 7.63. The van der Waals surface area contributed by atoms with Crippen LogP contribution in [0.25, 0.3) is 6.08 Å². The molecule has 0 saturated carbocycles. The molecule has 1 aromatic rings. The zero-order chi connectivity index (χ0) is 16.5. The van der Waals surface area contributed by atoms with Gasteiger partial charge in [-0.15, -0.1) is 0 Å². The second-order valence-electron chi connectivity index (χ2n) is 6.86. The fraction of sp³-hybridized carbons (Fsp3) is 0.529. The van der Waals surface area contributed by atoms with Gasteiger partial charge >= 0.3 is 7.12 Å². The van der Waals surface area contributed by atoms with Crippen LogP contribution in [0.3, 0.4) is 0 Å². The molecule has 5 heteroatoms. The molecule has 0 aromatic heterocycles. The van der Waals surface area contributed by atoms with E-state index in [1.54, 1.807) is 0 Å². The molecular weight excluding hydrogens is 296 g/mol. The van der Waals surface area contributed by atoms with Crippen LogP contribution >= 0.6 is 11.6 Å². The third-order valence-corrected chi connectivity index (χ3v) is 4.77. The summed E-state index contributed by atoms with van der Waals surface area (Å²) < 4.78 is 12.3. The van der Waals surface area contributed by atoms with Crippen molar-refractivity contribution in [1.29, 1.82) is 0 Å². The van der Waals surface area contributed by atoms with Crippen LogP contribution in [0.4, 0.5) is 0 Å². The quantitative estimate of drug-likeness (QED) is 0.854. The Morgan fingerprint density at radius 1 is 1.23 bits per heavy atom. The van der Waals surface area contributed by atoms with E-state index in [1.165, 1.54) is 5.56 Å². The van der Waals surface area contributed by atoms with Crippen molar-refractivity contribution in [2.75, 3.05) is 13.6 Å². The summed E-state index contributed by atoms with van der Waals surface area (Å²) in [6.45, 7) is 11.0. The van der Waals surface area contributed by atoms with Crippen LogP contribution in [0.1, 0.15) is 38.8 Å². The Bertz CT molecular complexity index is 568. The van der Waals surface area contributed by atoms with Gasteiger partial charge in [0.1, 0.15) is 0 Å². The lowest BCUT2D eigenvalue weighted by Gasteiger charge is -2.32. The average molecular weight is 322 g/mol. The summed E-state index contributed by atoms with van der Waals surface area (Å²) in [4.78, 5) is 0. The van der Waals surface area contributed by atoms with Gasteiger partial charge in [0.15, 0.2) is 0 Å². The van der Waals surface area contributed by atoms with Crippen LogP contribution in [-0.4, -0.2) is 31.9 Å². The number of likely N-dealkylation sites (N-methyl/N-ethyl adjacent to an activating group) is 1. The highest BCUT2D eigenvalue weighted by Gasteiger charge is 2.52. The first-order valence-corrected chi connectivity index (χ1v) is 8.01. The predicted molar refractivity (Wildman–Crippen MR) is 94.2 cm³/mol. The van der Waals surface area contributed by atoms with Crippen LogP contribution in [0.5, 0.6) is 0 Å². The molecule has 1 heterocycles. The van der Waals surface area contributed by atoms with Crippen LogP contribution in [0, 0.1) is 6.92 Å². The van der Waals surface area contributed by atoms with Gasteiger partial charge in [-0.2, -0.15) is 0 Å². The van der Waals surface area contributed by atoms with Crippen molar-refractivity contribution in [1.82, 2.24) is 5.32 Å². The van der Waals surface area contributed by atoms with Gasteiger partial charge in [-0.05, 0) is 58.8 Å². The molecule has 1 fully saturated rings. The largest absolute Gasteiger partial charge is 0.491 e. The molecule has 22 heavy (non-hydrogen) atoms. The van der Waals surface area contributed by atoms with E-state index in [9.17, 15) is 0 Å². The number of halogens is 1. The zero-order valence-electron chi connectivity index (χ0n) is 14.3. The molecule has 1 aliphatic heterocycles. The number of hydrogen-bond donors (Lipinski definition) is 1. The van der Waals surface area contributed by atoms with Crippen molar-refractivity contribution in [2.45, 2.75) is 45.8 Å². The summed E-state index contributed by atoms with van der Waals surface area (Å²) in [5, 5.41) is 3.91. The lowest BCUT2D eigenvalue weighted by Crippen LogP contribution is -2.41. The van der Waals surface area contributed by atoms with Crippen molar-refractivity contribution in [2.24, 2.45) is 0 Å². The Hall–Kier alpha value is -0.805. The summed E-state index contributed by atoms with van der Waals surface area (Å²) in [5.74, 6) is 0. The highest BCUT2D eigenvalue weighted by atomic mass is 35.5. The van der Waals surface area contributed by atoms with Gasteiger partial charge in [-0.3, -0.25) is 0 Å². The Kier molecular flexibility index (Phi) is 5.08. The van der Waals surface area contributed by atoms with E-state index < -0.39 is 0 Å². The summed E-state index contributed by atoms with van der Waals surface area (Å²) in [7, 11) is 1.55. The molecule has 0 spiro atoms. The van der Waals surface area contributed by atoms with Gasteiger partial charge in [0.25, 0.3) is 0 Å². The van der Waals surface area contributed by atoms with Crippen molar-refractivity contribution in [3.05, 3.63) is 39.8 Å². The maximum atomic E-state index is 6.31. The molecular formula is C17H25BClNO2. The maximum absolute atomic E-state index is 6.31. The fourth-order valence-electron chi connectivity index (χ4n) is 2.37. The van der Waals surface area contributed by atoms with E-state index in [1.807, 2.05) is 19.2 Å². The second-order valence-corrected chi connectivity index (χ2v) is 7.27. The van der Waals surface area contributed by atoms with E-state index in [2.05, 4.69) is 52.1 Å². The number of nitrogens with one attached hydrogen (secondary N) is 1. The van der Waals surface area contributed by atoms with Crippen molar-refractivity contribution in [3.8, 4) is 0 Å². The average Bonchev–Trinajstić information content (AvgIpc) is 2.62. The van der Waals surface area contributed by atoms with Crippen LogP contribution in [0.15, 0.2) is 23.7 Å². The normalized spacial score (nSPS) is 20.5. The highest BCUT2D eigenvalue weighted by molar-refractivity contribution is 6.56. The molecule has 1 saturated heterocycles. The summed E-state index contributed by atoms with van der Waals surface area (Å²) in [6, 6.07) is 6.00. The molecule has 0 aliphatic carbocycles. The van der Waals surface area contributed by atoms with E-state index in [4.69, 9.17) is 20.9 Å². The van der Waals surface area contributed by atoms with E-state index in [0.717, 1.165) is 16.1 Å². The molecule has 0 atom stereocenters. The van der Waals surface area contributed by atoms with Gasteiger partial charge in [0.05, 0.1) is 11.2 Å². The highest BCUT2D eigenvalue weighted by Crippen LogP contribution is 2.39. The van der Waals surface area contributed by atoms with E-state index in [0.29, 0.717) is 6.54 Å². The van der Waals surface area contributed by atoms with Crippen LogP contribution in [0.2, 0.25) is 5.02 Å². The van der Waals surface area contributed by atoms with Gasteiger partial charge in [0, 0.05) is 11.6 Å². The summed E-state index contributed by atoms with van der Waals surface area (Å²) in [5.41, 5.74) is 2.51. The minimum atomic E-state index is -0.367. The Balaban J connectivity index is 2.35. The molecule has 1 aliphatic rings. The monoisotopic (exact) mass is 321 g/mol. The fourth-order valence-corrected chi connectivity index (χ4v) is 2.55. The molecule has 1 aromatic carbocycles. The third-order valence-electron chi connectivity index (χ3n) is 4.43. The smallest absolute Gasteiger partial charge is 0.400 e.